The fourth-order valence-corrected chi connectivity index (χ4v) is 5.89. The van der Waals surface area contributed by atoms with Crippen LogP contribution in [0.3, 0.4) is 0 Å². The van der Waals surface area contributed by atoms with Crippen LogP contribution in [0.2, 0.25) is 0 Å². The lowest BCUT2D eigenvalue weighted by atomic mass is 9.92. The predicted octanol–water partition coefficient (Wildman–Crippen LogP) is 5.53. The lowest BCUT2D eigenvalue weighted by Gasteiger charge is -2.31. The first-order chi connectivity index (χ1) is 21.1. The van der Waals surface area contributed by atoms with E-state index >= 15 is 0 Å². The Bertz CT molecular complexity index is 1680. The smallest absolute Gasteiger partial charge is 0.265 e. The molecular formula is C32H30F4N6O2. The molecule has 8 nitrogen and oxygen atoms in total. The summed E-state index contributed by atoms with van der Waals surface area (Å²) in [4.78, 5) is 21.1. The average molecular weight is 607 g/mol. The molecule has 0 radical (unpaired) electrons. The van der Waals surface area contributed by atoms with Gasteiger partial charge in [0.2, 0.25) is 0 Å². The summed E-state index contributed by atoms with van der Waals surface area (Å²) in [5.41, 5.74) is 2.30. The summed E-state index contributed by atoms with van der Waals surface area (Å²) in [7, 11) is 2.04. The number of hydrogen-bond acceptors (Lipinski definition) is 7. The summed E-state index contributed by atoms with van der Waals surface area (Å²) in [5, 5.41) is 22.0. The molecule has 3 heterocycles. The number of carbonyl (C=O) groups is 1. The second kappa shape index (κ2) is 11.5. The van der Waals surface area contributed by atoms with Gasteiger partial charge in [0.15, 0.2) is 18.2 Å². The summed E-state index contributed by atoms with van der Waals surface area (Å²) in [6.07, 6.45) is 2.41. The lowest BCUT2D eigenvalue weighted by Crippen LogP contribution is -2.38. The van der Waals surface area contributed by atoms with Crippen LogP contribution in [0.15, 0.2) is 36.4 Å². The number of anilines is 2. The number of ether oxygens (including phenoxy) is 1. The number of likely N-dealkylation sites (tertiary alicyclic amines) is 1. The van der Waals surface area contributed by atoms with Crippen molar-refractivity contribution in [2.45, 2.75) is 44.2 Å². The third-order valence-electron chi connectivity index (χ3n) is 8.54. The van der Waals surface area contributed by atoms with Gasteiger partial charge in [0.25, 0.3) is 11.8 Å². The molecule has 1 atom stereocenters. The van der Waals surface area contributed by atoms with Gasteiger partial charge in [-0.15, -0.1) is 0 Å². The zero-order valence-corrected chi connectivity index (χ0v) is 24.0. The Morgan fingerprint density at radius 2 is 1.93 bits per heavy atom. The van der Waals surface area contributed by atoms with Crippen LogP contribution in [0.5, 0.6) is 5.75 Å². The van der Waals surface area contributed by atoms with Gasteiger partial charge >= 0.3 is 0 Å². The molecule has 12 heteroatoms. The Kier molecular flexibility index (Phi) is 7.75. The van der Waals surface area contributed by atoms with Crippen LogP contribution in [0.4, 0.5) is 29.1 Å². The van der Waals surface area contributed by atoms with Crippen molar-refractivity contribution in [2.24, 2.45) is 5.92 Å². The van der Waals surface area contributed by atoms with Gasteiger partial charge in [-0.05, 0) is 74.8 Å². The maximum absolute atomic E-state index is 14.0. The Morgan fingerprint density at radius 1 is 1.18 bits per heavy atom. The van der Waals surface area contributed by atoms with Crippen LogP contribution < -0.4 is 15.0 Å². The molecular weight excluding hydrogens is 576 g/mol. The van der Waals surface area contributed by atoms with Crippen molar-refractivity contribution >= 4 is 23.6 Å². The Labute approximate surface area is 251 Å². The van der Waals surface area contributed by atoms with E-state index in [9.17, 15) is 27.6 Å². The molecule has 6 rings (SSSR count). The Morgan fingerprint density at radius 3 is 2.59 bits per heavy atom. The molecule has 2 fully saturated rings. The number of aromatic nitrogens is 1. The lowest BCUT2D eigenvalue weighted by molar-refractivity contribution is -0.121. The molecule has 44 heavy (non-hydrogen) atoms. The number of piperidine rings is 1. The van der Waals surface area contributed by atoms with Crippen LogP contribution in [-0.4, -0.2) is 60.7 Å². The van der Waals surface area contributed by atoms with Gasteiger partial charge in [0.05, 0.1) is 23.5 Å². The number of rotatable bonds is 8. The zero-order chi connectivity index (χ0) is 31.2. The van der Waals surface area contributed by atoms with E-state index in [0.717, 1.165) is 44.3 Å². The van der Waals surface area contributed by atoms with Crippen LogP contribution in [-0.2, 0) is 17.8 Å². The monoisotopic (exact) mass is 606 g/mol. The van der Waals surface area contributed by atoms with Crippen molar-refractivity contribution in [3.8, 4) is 22.9 Å². The molecule has 228 valence electrons. The van der Waals surface area contributed by atoms with Gasteiger partial charge in [-0.25, -0.2) is 22.5 Å². The molecule has 1 unspecified atom stereocenters. The molecule has 1 aliphatic carbocycles. The number of halogens is 4. The first-order valence-corrected chi connectivity index (χ1v) is 14.4. The largest absolute Gasteiger partial charge is 0.482 e. The molecule has 0 bridgehead atoms. The quantitative estimate of drug-likeness (QED) is 0.258. The summed E-state index contributed by atoms with van der Waals surface area (Å²) in [6, 6.07) is 10.6. The van der Waals surface area contributed by atoms with E-state index in [1.165, 1.54) is 11.0 Å². The number of alkyl halides is 2. The predicted molar refractivity (Wildman–Crippen MR) is 156 cm³/mol. The highest BCUT2D eigenvalue weighted by atomic mass is 19.3. The zero-order valence-electron chi connectivity index (χ0n) is 24.0. The first kappa shape index (κ1) is 29.6. The van der Waals surface area contributed by atoms with E-state index in [1.807, 2.05) is 7.05 Å². The van der Waals surface area contributed by atoms with E-state index in [2.05, 4.69) is 21.3 Å². The number of carbonyl (C=O) groups excluding carboxylic acids is 1. The summed E-state index contributed by atoms with van der Waals surface area (Å²) >= 11 is 0. The summed E-state index contributed by atoms with van der Waals surface area (Å²) in [5.74, 6) is -5.45. The highest BCUT2D eigenvalue weighted by molar-refractivity contribution is 6.00. The van der Waals surface area contributed by atoms with E-state index < -0.39 is 23.5 Å². The number of nitrogens with zero attached hydrogens (tertiary/aromatic N) is 4. The van der Waals surface area contributed by atoms with Crippen molar-refractivity contribution in [1.29, 1.82) is 10.7 Å². The van der Waals surface area contributed by atoms with E-state index in [-0.39, 0.29) is 49.2 Å². The molecule has 2 aliphatic heterocycles. The number of amides is 1. The second-order valence-corrected chi connectivity index (χ2v) is 11.6. The van der Waals surface area contributed by atoms with Gasteiger partial charge in [-0.3, -0.25) is 4.79 Å². The fraction of sp³-hybridized carbons (Fsp3) is 0.375. The number of nitrogens with one attached hydrogen (secondary N) is 2. The average Bonchev–Trinajstić information content (AvgIpc) is 3.61. The van der Waals surface area contributed by atoms with Crippen LogP contribution >= 0.6 is 0 Å². The number of hydrogen-bond donors (Lipinski definition) is 2. The van der Waals surface area contributed by atoms with Crippen molar-refractivity contribution in [2.75, 3.05) is 37.0 Å². The molecule has 3 aliphatic rings. The maximum atomic E-state index is 14.0. The SMILES string of the molecule is CN1CCC(Nc2nc(CC3CC3(F)F)c(C#N)c(-c3ccc4c(c3)OCC(=O)N4Cc3ccc(F)c(F)c3)c2C=N)CC1. The minimum Gasteiger partial charge on any atom is -0.482 e. The van der Waals surface area contributed by atoms with Gasteiger partial charge < -0.3 is 25.3 Å². The number of benzene rings is 2. The van der Waals surface area contributed by atoms with Crippen molar-refractivity contribution in [3.63, 3.8) is 0 Å². The highest BCUT2D eigenvalue weighted by Gasteiger charge is 2.56. The second-order valence-electron chi connectivity index (χ2n) is 11.6. The third kappa shape index (κ3) is 5.71. The van der Waals surface area contributed by atoms with Gasteiger partial charge in [0.1, 0.15) is 17.6 Å². The molecule has 1 amide bonds. The standard InChI is InChI=1S/C32H30F4N6O2/c1-41-8-6-21(7-9-41)39-31-23(15-38)30(22(14-37)26(40-31)12-20-13-32(20,35)36)19-3-5-27-28(11-19)44-17-29(43)42(27)16-18-2-4-24(33)25(34)10-18/h2-5,10-11,15,20-21,38H,6-9,12-13,16-17H2,1H3,(H,39,40). The summed E-state index contributed by atoms with van der Waals surface area (Å²) < 4.78 is 61.1. The van der Waals surface area contributed by atoms with Gasteiger partial charge in [-0.2, -0.15) is 5.26 Å². The molecule has 1 saturated heterocycles. The number of pyridine rings is 1. The van der Waals surface area contributed by atoms with Crippen molar-refractivity contribution in [3.05, 3.63) is 70.4 Å². The van der Waals surface area contributed by atoms with Crippen LogP contribution in [0.1, 0.15) is 41.6 Å². The molecule has 3 aromatic rings. The fourth-order valence-electron chi connectivity index (χ4n) is 5.89. The molecule has 2 N–H and O–H groups in total. The first-order valence-electron chi connectivity index (χ1n) is 14.4. The summed E-state index contributed by atoms with van der Waals surface area (Å²) in [6.45, 7) is 1.40. The number of nitriles is 1. The van der Waals surface area contributed by atoms with Crippen molar-refractivity contribution in [1.82, 2.24) is 9.88 Å². The van der Waals surface area contributed by atoms with Gasteiger partial charge in [-0.1, -0.05) is 12.1 Å². The topological polar surface area (TPSA) is 105 Å². The van der Waals surface area contributed by atoms with Crippen LogP contribution in [0, 0.1) is 34.3 Å². The van der Waals surface area contributed by atoms with Crippen molar-refractivity contribution < 1.29 is 27.1 Å². The maximum Gasteiger partial charge on any atom is 0.265 e. The van der Waals surface area contributed by atoms with E-state index in [0.29, 0.717) is 39.5 Å². The minimum absolute atomic E-state index is 0.0272. The molecule has 1 saturated carbocycles. The van der Waals surface area contributed by atoms with E-state index in [4.69, 9.17) is 10.1 Å². The van der Waals surface area contributed by atoms with Gasteiger partial charge in [0, 0.05) is 35.7 Å². The molecule has 0 spiro atoms. The third-order valence-corrected chi connectivity index (χ3v) is 8.54. The Balaban J connectivity index is 1.41. The normalized spacial score (nSPS) is 19.6. The number of fused-ring (bicyclic) bond motifs is 1. The van der Waals surface area contributed by atoms with E-state index in [1.54, 1.807) is 18.2 Å². The van der Waals surface area contributed by atoms with Crippen LogP contribution in [0.25, 0.3) is 11.1 Å². The molecule has 1 aromatic heterocycles. The minimum atomic E-state index is -2.81. The molecule has 2 aromatic carbocycles. The highest BCUT2D eigenvalue weighted by Crippen LogP contribution is 2.51. The Hall–Kier alpha value is -4.50.